The van der Waals surface area contributed by atoms with E-state index >= 15 is 0 Å². The van der Waals surface area contributed by atoms with E-state index in [0.717, 1.165) is 4.90 Å². The Labute approximate surface area is 141 Å². The normalized spacial score (nSPS) is 19.4. The van der Waals surface area contributed by atoms with Crippen molar-refractivity contribution in [2.24, 2.45) is 0 Å². The summed E-state index contributed by atoms with van der Waals surface area (Å²) < 4.78 is 5.23. The minimum Gasteiger partial charge on any atom is -0.482 e. The summed E-state index contributed by atoms with van der Waals surface area (Å²) in [4.78, 5) is 48.5. The standard InChI is InChI=1S/C15H15N3O7/c19-13(16-5-1-2-10(16)15(21)22)7-17-11-6-9(18(23)24)3-4-12(11)25-8-14(17)20/h3-4,6,10H,1-2,5,7-8H2,(H,21,22)/t10-/m1/s1. The van der Waals surface area contributed by atoms with Crippen molar-refractivity contribution in [1.29, 1.82) is 0 Å². The van der Waals surface area contributed by atoms with Gasteiger partial charge in [0.15, 0.2) is 6.61 Å². The van der Waals surface area contributed by atoms with Crippen LogP contribution in [0.5, 0.6) is 5.75 Å². The lowest BCUT2D eigenvalue weighted by atomic mass is 10.2. The van der Waals surface area contributed by atoms with Crippen molar-refractivity contribution in [2.75, 3.05) is 24.6 Å². The first-order valence-electron chi connectivity index (χ1n) is 7.62. The lowest BCUT2D eigenvalue weighted by molar-refractivity contribution is -0.384. The van der Waals surface area contributed by atoms with Crippen LogP contribution in [0.2, 0.25) is 0 Å². The zero-order valence-corrected chi connectivity index (χ0v) is 13.1. The van der Waals surface area contributed by atoms with Gasteiger partial charge in [-0.1, -0.05) is 0 Å². The quantitative estimate of drug-likeness (QED) is 0.615. The van der Waals surface area contributed by atoms with Gasteiger partial charge in [0.25, 0.3) is 11.6 Å². The topological polar surface area (TPSA) is 130 Å². The summed E-state index contributed by atoms with van der Waals surface area (Å²) in [7, 11) is 0. The summed E-state index contributed by atoms with van der Waals surface area (Å²) in [6.07, 6.45) is 0.933. The van der Waals surface area contributed by atoms with Gasteiger partial charge >= 0.3 is 5.97 Å². The number of fused-ring (bicyclic) bond motifs is 1. The maximum atomic E-state index is 12.5. The van der Waals surface area contributed by atoms with Gasteiger partial charge in [-0.25, -0.2) is 4.79 Å². The van der Waals surface area contributed by atoms with Gasteiger partial charge in [0, 0.05) is 18.7 Å². The number of rotatable bonds is 4. The largest absolute Gasteiger partial charge is 0.482 e. The van der Waals surface area contributed by atoms with Gasteiger partial charge in [0.1, 0.15) is 18.3 Å². The highest BCUT2D eigenvalue weighted by Gasteiger charge is 2.36. The number of benzene rings is 1. The number of anilines is 1. The molecule has 10 nitrogen and oxygen atoms in total. The minimum atomic E-state index is -1.09. The molecule has 3 rings (SSSR count). The van der Waals surface area contributed by atoms with E-state index in [4.69, 9.17) is 4.74 Å². The Morgan fingerprint density at radius 3 is 2.84 bits per heavy atom. The maximum absolute atomic E-state index is 12.5. The zero-order chi connectivity index (χ0) is 18.1. The molecule has 2 aliphatic rings. The number of hydrogen-bond donors (Lipinski definition) is 1. The number of ether oxygens (including phenoxy) is 1. The van der Waals surface area contributed by atoms with Gasteiger partial charge in [0.05, 0.1) is 10.6 Å². The Morgan fingerprint density at radius 2 is 2.16 bits per heavy atom. The average molecular weight is 349 g/mol. The molecule has 1 N–H and O–H groups in total. The number of nitro benzene ring substituents is 1. The van der Waals surface area contributed by atoms with E-state index in [0.29, 0.717) is 19.4 Å². The molecule has 1 aromatic rings. The second-order valence-electron chi connectivity index (χ2n) is 5.76. The predicted molar refractivity (Wildman–Crippen MR) is 83.3 cm³/mol. The van der Waals surface area contributed by atoms with Crippen LogP contribution in [-0.2, 0) is 14.4 Å². The third-order valence-electron chi connectivity index (χ3n) is 4.25. The van der Waals surface area contributed by atoms with E-state index in [9.17, 15) is 29.6 Å². The Bertz CT molecular complexity index is 763. The molecular weight excluding hydrogens is 334 g/mol. The number of likely N-dealkylation sites (tertiary alicyclic amines) is 1. The van der Waals surface area contributed by atoms with Gasteiger partial charge in [0.2, 0.25) is 5.91 Å². The molecule has 2 amide bonds. The molecule has 2 heterocycles. The molecule has 0 bridgehead atoms. The third-order valence-corrected chi connectivity index (χ3v) is 4.25. The van der Waals surface area contributed by atoms with Crippen LogP contribution < -0.4 is 9.64 Å². The molecule has 0 unspecified atom stereocenters. The Balaban J connectivity index is 1.86. The molecule has 0 aliphatic carbocycles. The fraction of sp³-hybridized carbons (Fsp3) is 0.400. The molecule has 1 aromatic carbocycles. The number of nitro groups is 1. The van der Waals surface area contributed by atoms with E-state index in [1.165, 1.54) is 23.1 Å². The van der Waals surface area contributed by atoms with Crippen LogP contribution >= 0.6 is 0 Å². The molecule has 10 heteroatoms. The fourth-order valence-corrected chi connectivity index (χ4v) is 3.03. The summed E-state index contributed by atoms with van der Waals surface area (Å²) in [5.74, 6) is -1.87. The molecular formula is C15H15N3O7. The summed E-state index contributed by atoms with van der Waals surface area (Å²) in [6, 6.07) is 2.87. The summed E-state index contributed by atoms with van der Waals surface area (Å²) >= 11 is 0. The van der Waals surface area contributed by atoms with Crippen molar-refractivity contribution in [3.05, 3.63) is 28.3 Å². The first-order valence-corrected chi connectivity index (χ1v) is 7.62. The van der Waals surface area contributed by atoms with Gasteiger partial charge < -0.3 is 14.7 Å². The minimum absolute atomic E-state index is 0.130. The highest BCUT2D eigenvalue weighted by molar-refractivity contribution is 6.02. The van der Waals surface area contributed by atoms with Crippen LogP contribution in [0.15, 0.2) is 18.2 Å². The van der Waals surface area contributed by atoms with Crippen LogP contribution in [0, 0.1) is 10.1 Å². The number of carboxylic acids is 1. The van der Waals surface area contributed by atoms with Crippen LogP contribution in [0.25, 0.3) is 0 Å². The molecule has 1 saturated heterocycles. The second-order valence-corrected chi connectivity index (χ2v) is 5.76. The van der Waals surface area contributed by atoms with E-state index in [2.05, 4.69) is 0 Å². The van der Waals surface area contributed by atoms with E-state index in [-0.39, 0.29) is 30.3 Å². The molecule has 0 radical (unpaired) electrons. The van der Waals surface area contributed by atoms with Crippen LogP contribution in [0.1, 0.15) is 12.8 Å². The fourth-order valence-electron chi connectivity index (χ4n) is 3.03. The predicted octanol–water partition coefficient (Wildman–Crippen LogP) is 0.396. The number of carboxylic acid groups (broad SMARTS) is 1. The number of hydrogen-bond acceptors (Lipinski definition) is 6. The SMILES string of the molecule is O=C(O)[C@H]1CCCN1C(=O)CN1C(=O)COc2ccc([N+](=O)[O-])cc21. The second kappa shape index (κ2) is 6.38. The van der Waals surface area contributed by atoms with E-state index < -0.39 is 28.7 Å². The molecule has 1 atom stereocenters. The van der Waals surface area contributed by atoms with Crippen LogP contribution in [0.3, 0.4) is 0 Å². The number of amides is 2. The van der Waals surface area contributed by atoms with Crippen LogP contribution in [-0.4, -0.2) is 58.5 Å². The van der Waals surface area contributed by atoms with Crippen LogP contribution in [0.4, 0.5) is 11.4 Å². The van der Waals surface area contributed by atoms with Crippen molar-refractivity contribution in [3.8, 4) is 5.75 Å². The van der Waals surface area contributed by atoms with E-state index in [1.54, 1.807) is 0 Å². The number of nitrogens with zero attached hydrogens (tertiary/aromatic N) is 3. The monoisotopic (exact) mass is 349 g/mol. The smallest absolute Gasteiger partial charge is 0.326 e. The lowest BCUT2D eigenvalue weighted by Crippen LogP contribution is -2.49. The first kappa shape index (κ1) is 16.7. The number of non-ortho nitro benzene ring substituents is 1. The lowest BCUT2D eigenvalue weighted by Gasteiger charge is -2.31. The van der Waals surface area contributed by atoms with E-state index in [1.807, 2.05) is 0 Å². The molecule has 1 fully saturated rings. The molecule has 0 spiro atoms. The number of carbonyl (C=O) groups is 3. The van der Waals surface area contributed by atoms with Gasteiger partial charge in [-0.15, -0.1) is 0 Å². The Hall–Kier alpha value is -3.17. The van der Waals surface area contributed by atoms with Crippen molar-refractivity contribution >= 4 is 29.2 Å². The summed E-state index contributed by atoms with van der Waals surface area (Å²) in [5, 5.41) is 20.1. The van der Waals surface area contributed by atoms with Gasteiger partial charge in [-0.3, -0.25) is 24.6 Å². The van der Waals surface area contributed by atoms with Gasteiger partial charge in [-0.2, -0.15) is 0 Å². The highest BCUT2D eigenvalue weighted by atomic mass is 16.6. The van der Waals surface area contributed by atoms with Crippen molar-refractivity contribution in [3.63, 3.8) is 0 Å². The Morgan fingerprint density at radius 1 is 1.40 bits per heavy atom. The molecule has 0 aromatic heterocycles. The van der Waals surface area contributed by atoms with Gasteiger partial charge in [-0.05, 0) is 18.9 Å². The number of carbonyl (C=O) groups excluding carboxylic acids is 2. The Kier molecular flexibility index (Phi) is 4.26. The number of aliphatic carboxylic acids is 1. The third kappa shape index (κ3) is 3.10. The zero-order valence-electron chi connectivity index (χ0n) is 13.1. The maximum Gasteiger partial charge on any atom is 0.326 e. The first-order chi connectivity index (χ1) is 11.9. The molecule has 25 heavy (non-hydrogen) atoms. The molecule has 0 saturated carbocycles. The van der Waals surface area contributed by atoms with Crippen molar-refractivity contribution < 1.29 is 29.2 Å². The average Bonchev–Trinajstić information content (AvgIpc) is 3.07. The summed E-state index contributed by atoms with van der Waals surface area (Å²) in [6.45, 7) is -0.378. The highest BCUT2D eigenvalue weighted by Crippen LogP contribution is 2.35. The van der Waals surface area contributed by atoms with Crippen molar-refractivity contribution in [1.82, 2.24) is 4.90 Å². The summed E-state index contributed by atoms with van der Waals surface area (Å²) in [5.41, 5.74) is -0.107. The molecule has 2 aliphatic heterocycles. The van der Waals surface area contributed by atoms with Crippen molar-refractivity contribution in [2.45, 2.75) is 18.9 Å². The molecule has 132 valence electrons.